The number of hydrogen-bond acceptors (Lipinski definition) is 3. The molecular weight excluding hydrogens is 667 g/mol. The lowest BCUT2D eigenvalue weighted by Crippen LogP contribution is -2.31. The maximum absolute atomic E-state index is 13.1. The second kappa shape index (κ2) is 14.8. The van der Waals surface area contributed by atoms with Crippen molar-refractivity contribution in [3.8, 4) is 0 Å². The van der Waals surface area contributed by atoms with E-state index in [1.165, 1.54) is 0 Å². The Labute approximate surface area is 259 Å². The minimum atomic E-state index is -0.188. The van der Waals surface area contributed by atoms with Gasteiger partial charge in [0.15, 0.2) is 5.78 Å². The zero-order chi connectivity index (χ0) is 26.5. The second-order valence-electron chi connectivity index (χ2n) is 9.08. The van der Waals surface area contributed by atoms with Crippen molar-refractivity contribution < 1.29 is 9.59 Å². The number of Topliss-reactive ketones (excluding diaryl/α,β-unsaturated/α-hetero) is 1. The van der Waals surface area contributed by atoms with Crippen LogP contribution in [0.3, 0.4) is 0 Å². The van der Waals surface area contributed by atoms with Crippen LogP contribution in [0.5, 0.6) is 0 Å². The minimum absolute atomic E-state index is 0. The molecule has 0 unspecified atom stereocenters. The Bertz CT molecular complexity index is 1500. The Kier molecular flexibility index (Phi) is 12.5. The lowest BCUT2D eigenvalue weighted by atomic mass is 10.1. The molecule has 0 saturated heterocycles. The highest BCUT2D eigenvalue weighted by Crippen LogP contribution is 2.24. The Morgan fingerprint density at radius 2 is 1.67 bits per heavy atom. The van der Waals surface area contributed by atoms with Gasteiger partial charge in [-0.15, -0.1) is 34.0 Å². The summed E-state index contributed by atoms with van der Waals surface area (Å²) in [7, 11) is 1.81. The number of amides is 1. The maximum atomic E-state index is 13.1. The van der Waals surface area contributed by atoms with Crippen LogP contribution in [0.2, 0.25) is 10.0 Å². The van der Waals surface area contributed by atoms with Crippen LogP contribution in [-0.4, -0.2) is 39.3 Å². The Balaban J connectivity index is 0.00000267. The summed E-state index contributed by atoms with van der Waals surface area (Å²) in [5, 5.41) is 9.71. The molecule has 1 amide bonds. The molecule has 0 aliphatic heterocycles. The fourth-order valence-electron chi connectivity index (χ4n) is 4.58. The number of carbonyl (C=O) groups excluding carboxylic acids is 2. The molecular formula is C29H32Br2Cl2N4O2. The highest BCUT2D eigenvalue weighted by Gasteiger charge is 2.19. The quantitative estimate of drug-likeness (QED) is 0.183. The van der Waals surface area contributed by atoms with E-state index in [4.69, 9.17) is 28.6 Å². The summed E-state index contributed by atoms with van der Waals surface area (Å²) in [6.45, 7) is 3.19. The summed E-state index contributed by atoms with van der Waals surface area (Å²) in [5.41, 5.74) is 4.50. The third-order valence-corrected chi connectivity index (χ3v) is 7.13. The fraction of sp³-hybridized carbons (Fsp3) is 0.276. The molecule has 0 radical (unpaired) electrons. The Hall–Kier alpha value is -2.39. The molecule has 1 N–H and O–H groups in total. The van der Waals surface area contributed by atoms with Crippen LogP contribution in [0.1, 0.15) is 34.8 Å². The third kappa shape index (κ3) is 7.63. The monoisotopic (exact) mass is 696 g/mol. The summed E-state index contributed by atoms with van der Waals surface area (Å²) in [6.07, 6.45) is 1.84. The third-order valence-electron chi connectivity index (χ3n) is 6.58. The number of rotatable bonds is 10. The van der Waals surface area contributed by atoms with Crippen molar-refractivity contribution in [1.29, 1.82) is 5.41 Å². The number of benzene rings is 3. The molecule has 4 rings (SSSR count). The Morgan fingerprint density at radius 1 is 0.949 bits per heavy atom. The van der Waals surface area contributed by atoms with Crippen LogP contribution in [0.4, 0.5) is 0 Å². The SMILES string of the molecule is Br.Br.CCc1cccc2c1n(CCCN(C)C(=O)Cc1ccccc1)c(=N)n2CC(=O)c1ccc(Cl)cc1Cl. The van der Waals surface area contributed by atoms with E-state index in [-0.39, 0.29) is 57.8 Å². The first kappa shape index (κ1) is 32.8. The molecule has 10 heteroatoms. The lowest BCUT2D eigenvalue weighted by Gasteiger charge is -2.17. The number of nitrogens with one attached hydrogen (secondary N) is 1. The van der Waals surface area contributed by atoms with E-state index in [0.717, 1.165) is 28.6 Å². The number of fused-ring (bicyclic) bond motifs is 1. The highest BCUT2D eigenvalue weighted by molar-refractivity contribution is 8.93. The number of halogens is 4. The zero-order valence-electron chi connectivity index (χ0n) is 21.8. The molecule has 3 aromatic carbocycles. The number of carbonyl (C=O) groups is 2. The second-order valence-corrected chi connectivity index (χ2v) is 9.92. The number of hydrogen-bond donors (Lipinski definition) is 1. The van der Waals surface area contributed by atoms with Crippen LogP contribution >= 0.6 is 57.2 Å². The van der Waals surface area contributed by atoms with Gasteiger partial charge < -0.3 is 14.0 Å². The topological polar surface area (TPSA) is 71.1 Å². The number of aromatic nitrogens is 2. The molecule has 208 valence electrons. The first-order valence-corrected chi connectivity index (χ1v) is 13.1. The van der Waals surface area contributed by atoms with E-state index in [1.54, 1.807) is 27.7 Å². The normalized spacial score (nSPS) is 10.6. The highest BCUT2D eigenvalue weighted by atomic mass is 79.9. The molecule has 4 aromatic rings. The number of nitrogens with zero attached hydrogens (tertiary/aromatic N) is 3. The van der Waals surface area contributed by atoms with E-state index in [9.17, 15) is 9.59 Å². The number of aryl methyl sites for hydroxylation is 2. The van der Waals surface area contributed by atoms with E-state index in [2.05, 4.69) is 13.0 Å². The van der Waals surface area contributed by atoms with Gasteiger partial charge in [0, 0.05) is 30.7 Å². The molecule has 0 saturated carbocycles. The van der Waals surface area contributed by atoms with Crippen molar-refractivity contribution in [3.63, 3.8) is 0 Å². The van der Waals surface area contributed by atoms with Crippen LogP contribution < -0.4 is 5.62 Å². The average Bonchev–Trinajstić information content (AvgIpc) is 3.15. The molecule has 6 nitrogen and oxygen atoms in total. The predicted molar refractivity (Wildman–Crippen MR) is 169 cm³/mol. The van der Waals surface area contributed by atoms with Gasteiger partial charge in [0.1, 0.15) is 0 Å². The van der Waals surface area contributed by atoms with Crippen molar-refractivity contribution in [2.75, 3.05) is 13.6 Å². The number of imidazole rings is 1. The van der Waals surface area contributed by atoms with Gasteiger partial charge in [-0.25, -0.2) is 0 Å². The van der Waals surface area contributed by atoms with Crippen LogP contribution in [0.15, 0.2) is 66.7 Å². The zero-order valence-corrected chi connectivity index (χ0v) is 26.8. The van der Waals surface area contributed by atoms with E-state index >= 15 is 0 Å². The molecule has 0 spiro atoms. The number of para-hydroxylation sites is 1. The van der Waals surface area contributed by atoms with Gasteiger partial charge in [0.25, 0.3) is 0 Å². The van der Waals surface area contributed by atoms with Gasteiger partial charge in [-0.3, -0.25) is 15.0 Å². The molecule has 0 atom stereocenters. The van der Waals surface area contributed by atoms with Crippen LogP contribution in [0, 0.1) is 5.41 Å². The number of likely N-dealkylation sites (N-methyl/N-ethyl adjacent to an activating group) is 1. The molecule has 0 aliphatic carbocycles. The Morgan fingerprint density at radius 3 is 2.33 bits per heavy atom. The maximum Gasteiger partial charge on any atom is 0.226 e. The summed E-state index contributed by atoms with van der Waals surface area (Å²) in [6, 6.07) is 20.5. The molecule has 0 fully saturated rings. The molecule has 0 bridgehead atoms. The standard InChI is InChI=1S/C29H30Cl2N4O2.2BrH/c1-3-21-11-7-12-25-28(21)34(16-8-15-33(2)27(37)17-20-9-5-4-6-10-20)29(32)35(25)19-26(36)23-14-13-22(30)18-24(23)31;;/h4-7,9-14,18,32H,3,8,15-17,19H2,1-2H3;2*1H. The largest absolute Gasteiger partial charge is 0.345 e. The number of ketones is 1. The van der Waals surface area contributed by atoms with Crippen LogP contribution in [0.25, 0.3) is 11.0 Å². The van der Waals surface area contributed by atoms with Crippen molar-refractivity contribution in [2.24, 2.45) is 0 Å². The summed E-state index contributed by atoms with van der Waals surface area (Å²) >= 11 is 12.3. The van der Waals surface area contributed by atoms with Crippen molar-refractivity contribution >= 4 is 79.9 Å². The molecule has 39 heavy (non-hydrogen) atoms. The van der Waals surface area contributed by atoms with E-state index in [0.29, 0.717) is 41.5 Å². The van der Waals surface area contributed by atoms with Gasteiger partial charge in [-0.2, -0.15) is 0 Å². The minimum Gasteiger partial charge on any atom is -0.345 e. The summed E-state index contributed by atoms with van der Waals surface area (Å²) < 4.78 is 3.67. The van der Waals surface area contributed by atoms with Crippen molar-refractivity contribution in [2.45, 2.75) is 39.3 Å². The van der Waals surface area contributed by atoms with Gasteiger partial charge in [0.05, 0.1) is 29.0 Å². The van der Waals surface area contributed by atoms with E-state index in [1.807, 2.05) is 54.1 Å². The fourth-order valence-corrected chi connectivity index (χ4v) is 5.09. The summed E-state index contributed by atoms with van der Waals surface area (Å²) in [5.74, 6) is -0.128. The molecule has 1 heterocycles. The smallest absolute Gasteiger partial charge is 0.226 e. The average molecular weight is 699 g/mol. The van der Waals surface area contributed by atoms with Crippen LogP contribution in [-0.2, 0) is 30.7 Å². The van der Waals surface area contributed by atoms with Gasteiger partial charge in [-0.1, -0.05) is 72.6 Å². The molecule has 0 aliphatic rings. The van der Waals surface area contributed by atoms with Gasteiger partial charge in [-0.05, 0) is 48.2 Å². The predicted octanol–water partition coefficient (Wildman–Crippen LogP) is 6.92. The lowest BCUT2D eigenvalue weighted by molar-refractivity contribution is -0.129. The van der Waals surface area contributed by atoms with Crippen molar-refractivity contribution in [3.05, 3.63) is 99.1 Å². The van der Waals surface area contributed by atoms with E-state index < -0.39 is 0 Å². The van der Waals surface area contributed by atoms with Gasteiger partial charge >= 0.3 is 0 Å². The first-order chi connectivity index (χ1) is 17.8. The van der Waals surface area contributed by atoms with Crippen molar-refractivity contribution in [1.82, 2.24) is 14.0 Å². The molecule has 1 aromatic heterocycles. The van der Waals surface area contributed by atoms with Gasteiger partial charge in [0.2, 0.25) is 11.5 Å². The first-order valence-electron chi connectivity index (χ1n) is 12.3. The summed E-state index contributed by atoms with van der Waals surface area (Å²) in [4.78, 5) is 27.6.